The third kappa shape index (κ3) is 1.49. The zero-order chi connectivity index (χ0) is 11.3. The second-order valence-corrected chi connectivity index (χ2v) is 6.27. The third-order valence-corrected chi connectivity index (χ3v) is 5.36. The summed E-state index contributed by atoms with van der Waals surface area (Å²) in [6.45, 7) is 6.69. The molecule has 0 heterocycles. The Kier molecular flexibility index (Phi) is 2.36. The summed E-state index contributed by atoms with van der Waals surface area (Å²) in [5, 5.41) is 9.32. The van der Waals surface area contributed by atoms with Gasteiger partial charge in [0, 0.05) is 0 Å². The van der Waals surface area contributed by atoms with Gasteiger partial charge in [-0.15, -0.1) is 0 Å². The lowest BCUT2D eigenvalue weighted by molar-refractivity contribution is -0.161. The molecule has 2 heteroatoms. The van der Waals surface area contributed by atoms with Gasteiger partial charge in [-0.1, -0.05) is 20.8 Å². The first kappa shape index (κ1) is 11.0. The van der Waals surface area contributed by atoms with Crippen molar-refractivity contribution in [3.63, 3.8) is 0 Å². The van der Waals surface area contributed by atoms with E-state index in [1.165, 1.54) is 12.8 Å². The van der Waals surface area contributed by atoms with E-state index in [0.717, 1.165) is 19.3 Å². The summed E-state index contributed by atoms with van der Waals surface area (Å²) in [6.07, 6.45) is 5.62. The third-order valence-electron chi connectivity index (χ3n) is 5.36. The maximum absolute atomic E-state index is 11.3. The Morgan fingerprint density at radius 1 is 1.27 bits per heavy atom. The van der Waals surface area contributed by atoms with Crippen LogP contribution in [0.3, 0.4) is 0 Å². The highest BCUT2D eigenvalue weighted by atomic mass is 16.4. The van der Waals surface area contributed by atoms with Gasteiger partial charge in [-0.3, -0.25) is 4.79 Å². The van der Waals surface area contributed by atoms with Crippen molar-refractivity contribution in [1.29, 1.82) is 0 Å². The van der Waals surface area contributed by atoms with E-state index in [1.54, 1.807) is 0 Å². The second-order valence-electron chi connectivity index (χ2n) is 6.27. The fourth-order valence-corrected chi connectivity index (χ4v) is 3.72. The molecule has 3 fully saturated rings. The predicted octanol–water partition coefficient (Wildman–Crippen LogP) is 3.31. The van der Waals surface area contributed by atoms with Crippen LogP contribution in [0, 0.1) is 22.7 Å². The number of carboxylic acid groups (broad SMARTS) is 1. The molecule has 0 saturated heterocycles. The molecule has 3 aliphatic carbocycles. The van der Waals surface area contributed by atoms with Crippen molar-refractivity contribution in [2.45, 2.75) is 52.9 Å². The van der Waals surface area contributed by atoms with Crippen LogP contribution >= 0.6 is 0 Å². The zero-order valence-electron chi connectivity index (χ0n) is 10.0. The van der Waals surface area contributed by atoms with Gasteiger partial charge < -0.3 is 5.11 Å². The molecule has 86 valence electrons. The van der Waals surface area contributed by atoms with Crippen LogP contribution in [0.2, 0.25) is 0 Å². The molecule has 3 rings (SSSR count). The molecular formula is C13H22O2. The Morgan fingerprint density at radius 2 is 1.80 bits per heavy atom. The van der Waals surface area contributed by atoms with Crippen molar-refractivity contribution in [3.05, 3.63) is 0 Å². The molecule has 0 aromatic carbocycles. The summed E-state index contributed by atoms with van der Waals surface area (Å²) in [5.74, 6) is -0.0338. The van der Waals surface area contributed by atoms with E-state index >= 15 is 0 Å². The van der Waals surface area contributed by atoms with Crippen molar-refractivity contribution in [1.82, 2.24) is 0 Å². The van der Waals surface area contributed by atoms with Gasteiger partial charge in [0.15, 0.2) is 0 Å². The minimum absolute atomic E-state index is 0.0858. The second kappa shape index (κ2) is 3.23. The Labute approximate surface area is 92.1 Å². The first-order valence-corrected chi connectivity index (χ1v) is 6.12. The van der Waals surface area contributed by atoms with E-state index in [0.29, 0.717) is 11.3 Å². The molecule has 3 aliphatic rings. The van der Waals surface area contributed by atoms with Crippen LogP contribution in [0.5, 0.6) is 0 Å². The van der Waals surface area contributed by atoms with Gasteiger partial charge in [0.05, 0.1) is 5.92 Å². The lowest BCUT2D eigenvalue weighted by atomic mass is 9.47. The van der Waals surface area contributed by atoms with E-state index in [9.17, 15) is 9.90 Å². The average molecular weight is 210 g/mol. The first-order valence-electron chi connectivity index (χ1n) is 6.12. The highest BCUT2D eigenvalue weighted by Crippen LogP contribution is 2.62. The summed E-state index contributed by atoms with van der Waals surface area (Å²) in [4.78, 5) is 11.3. The van der Waals surface area contributed by atoms with Crippen molar-refractivity contribution < 1.29 is 9.90 Å². The number of hydrogen-bond donors (Lipinski definition) is 1. The van der Waals surface area contributed by atoms with Crippen molar-refractivity contribution in [2.24, 2.45) is 22.7 Å². The van der Waals surface area contributed by atoms with Gasteiger partial charge >= 0.3 is 5.97 Å². The predicted molar refractivity (Wildman–Crippen MR) is 59.6 cm³/mol. The Balaban J connectivity index is 2.28. The Morgan fingerprint density at radius 3 is 2.20 bits per heavy atom. The standard InChI is InChI=1S/C13H22O2/c1-9(2)13-6-4-12(3,5-7-13)10(8-13)11(14)15/h9-10H,4-8H2,1-3H3,(H,14,15)/t10?,12-,13-. The Hall–Kier alpha value is -0.530. The molecule has 15 heavy (non-hydrogen) atoms. The zero-order valence-corrected chi connectivity index (χ0v) is 10.0. The quantitative estimate of drug-likeness (QED) is 0.759. The Bertz CT molecular complexity index is 272. The van der Waals surface area contributed by atoms with Crippen molar-refractivity contribution in [3.8, 4) is 0 Å². The van der Waals surface area contributed by atoms with Gasteiger partial charge in [0.1, 0.15) is 0 Å². The van der Waals surface area contributed by atoms with Crippen LogP contribution in [-0.2, 0) is 4.79 Å². The molecule has 1 atom stereocenters. The fraction of sp³-hybridized carbons (Fsp3) is 0.923. The normalized spacial score (nSPS) is 44.7. The maximum Gasteiger partial charge on any atom is 0.307 e. The minimum Gasteiger partial charge on any atom is -0.481 e. The van der Waals surface area contributed by atoms with E-state index in [1.807, 2.05) is 0 Å². The number of fused-ring (bicyclic) bond motifs is 3. The highest BCUT2D eigenvalue weighted by Gasteiger charge is 2.55. The summed E-state index contributed by atoms with van der Waals surface area (Å²) in [6, 6.07) is 0. The lowest BCUT2D eigenvalue weighted by Crippen LogP contribution is -2.51. The number of carbonyl (C=O) groups is 1. The maximum atomic E-state index is 11.3. The smallest absolute Gasteiger partial charge is 0.307 e. The number of aliphatic carboxylic acids is 1. The van der Waals surface area contributed by atoms with Crippen LogP contribution in [0.4, 0.5) is 0 Å². The summed E-state index contributed by atoms with van der Waals surface area (Å²) in [7, 11) is 0. The van der Waals surface area contributed by atoms with Crippen molar-refractivity contribution >= 4 is 5.97 Å². The lowest BCUT2D eigenvalue weighted by Gasteiger charge is -2.57. The van der Waals surface area contributed by atoms with E-state index in [4.69, 9.17) is 0 Å². The molecule has 0 aromatic heterocycles. The topological polar surface area (TPSA) is 37.3 Å². The summed E-state index contributed by atoms with van der Waals surface area (Å²) >= 11 is 0. The van der Waals surface area contributed by atoms with Crippen LogP contribution in [-0.4, -0.2) is 11.1 Å². The van der Waals surface area contributed by atoms with Gasteiger partial charge in [0.2, 0.25) is 0 Å². The molecular weight excluding hydrogens is 188 g/mol. The van der Waals surface area contributed by atoms with Gasteiger partial charge in [-0.2, -0.15) is 0 Å². The molecule has 0 aromatic rings. The van der Waals surface area contributed by atoms with Crippen LogP contribution in [0.25, 0.3) is 0 Å². The van der Waals surface area contributed by atoms with Gasteiger partial charge in [-0.25, -0.2) is 0 Å². The largest absolute Gasteiger partial charge is 0.481 e. The van der Waals surface area contributed by atoms with Gasteiger partial charge in [0.25, 0.3) is 0 Å². The summed E-state index contributed by atoms with van der Waals surface area (Å²) in [5.41, 5.74) is 0.420. The van der Waals surface area contributed by atoms with Crippen LogP contribution < -0.4 is 0 Å². The van der Waals surface area contributed by atoms with Gasteiger partial charge in [-0.05, 0) is 48.9 Å². The molecule has 2 bridgehead atoms. The molecule has 0 amide bonds. The molecule has 2 nitrogen and oxygen atoms in total. The first-order chi connectivity index (χ1) is 6.90. The van der Waals surface area contributed by atoms with Crippen molar-refractivity contribution in [2.75, 3.05) is 0 Å². The number of hydrogen-bond acceptors (Lipinski definition) is 1. The molecule has 1 unspecified atom stereocenters. The molecule has 0 spiro atoms. The molecule has 3 saturated carbocycles. The van der Waals surface area contributed by atoms with Crippen LogP contribution in [0.15, 0.2) is 0 Å². The SMILES string of the molecule is CC(C)[C@]12CC[C@](C)(CC1)C(C(=O)O)C2. The monoisotopic (exact) mass is 210 g/mol. The number of rotatable bonds is 2. The van der Waals surface area contributed by atoms with E-state index < -0.39 is 5.97 Å². The molecule has 0 radical (unpaired) electrons. The van der Waals surface area contributed by atoms with E-state index in [2.05, 4.69) is 20.8 Å². The number of carboxylic acids is 1. The average Bonchev–Trinajstić information content (AvgIpc) is 2.18. The minimum atomic E-state index is -0.568. The molecule has 1 N–H and O–H groups in total. The summed E-state index contributed by atoms with van der Waals surface area (Å²) < 4.78 is 0. The molecule has 0 aliphatic heterocycles. The van der Waals surface area contributed by atoms with Crippen LogP contribution in [0.1, 0.15) is 52.9 Å². The van der Waals surface area contributed by atoms with E-state index in [-0.39, 0.29) is 11.3 Å². The fourth-order valence-electron chi connectivity index (χ4n) is 3.72. The highest BCUT2D eigenvalue weighted by molar-refractivity contribution is 5.71.